The molecule has 5 heteroatoms. The number of carboxylic acid groups (broad SMARTS) is 1. The van der Waals surface area contributed by atoms with Crippen LogP contribution >= 0.6 is 11.6 Å². The van der Waals surface area contributed by atoms with Gasteiger partial charge in [0.2, 0.25) is 0 Å². The highest BCUT2D eigenvalue weighted by Crippen LogP contribution is 2.20. The van der Waals surface area contributed by atoms with Crippen molar-refractivity contribution in [1.29, 1.82) is 0 Å². The fraction of sp³-hybridized carbons (Fsp3) is 0.143. The number of hydrogen-bond acceptors (Lipinski definition) is 3. The van der Waals surface area contributed by atoms with Gasteiger partial charge in [0.1, 0.15) is 5.69 Å². The molecule has 1 aromatic carbocycles. The Kier molecular flexibility index (Phi) is 4.02. The van der Waals surface area contributed by atoms with Crippen LogP contribution in [0.4, 0.5) is 5.69 Å². The summed E-state index contributed by atoms with van der Waals surface area (Å²) in [7, 11) is 0. The second kappa shape index (κ2) is 5.71. The van der Waals surface area contributed by atoms with E-state index in [-0.39, 0.29) is 11.7 Å². The van der Waals surface area contributed by atoms with E-state index in [1.54, 1.807) is 6.07 Å². The minimum Gasteiger partial charge on any atom is -0.477 e. The van der Waals surface area contributed by atoms with E-state index in [0.29, 0.717) is 5.02 Å². The van der Waals surface area contributed by atoms with Crippen LogP contribution < -0.4 is 5.32 Å². The minimum atomic E-state index is -1.03. The van der Waals surface area contributed by atoms with Crippen LogP contribution in [0.15, 0.2) is 42.6 Å². The first kappa shape index (κ1) is 13.4. The van der Waals surface area contributed by atoms with E-state index in [2.05, 4.69) is 10.3 Å². The highest BCUT2D eigenvalue weighted by Gasteiger charge is 2.07. The fourth-order valence-corrected chi connectivity index (χ4v) is 1.82. The second-order valence-corrected chi connectivity index (χ2v) is 4.59. The number of anilines is 1. The number of benzene rings is 1. The fourth-order valence-electron chi connectivity index (χ4n) is 1.69. The van der Waals surface area contributed by atoms with Crippen LogP contribution in [-0.2, 0) is 0 Å². The standard InChI is InChI=1S/C14H13ClN2O2/c1-9(10-2-4-11(15)5-3-10)17-12-6-7-13(14(18)19)16-8-12/h2-9,17H,1H3,(H,18,19). The van der Waals surface area contributed by atoms with Gasteiger partial charge in [0.25, 0.3) is 0 Å². The molecule has 0 bridgehead atoms. The van der Waals surface area contributed by atoms with Crippen molar-refractivity contribution in [2.75, 3.05) is 5.32 Å². The molecule has 0 radical (unpaired) electrons. The molecule has 1 aromatic heterocycles. The van der Waals surface area contributed by atoms with E-state index in [1.165, 1.54) is 12.3 Å². The lowest BCUT2D eigenvalue weighted by atomic mass is 10.1. The highest BCUT2D eigenvalue weighted by atomic mass is 35.5. The number of rotatable bonds is 4. The van der Waals surface area contributed by atoms with Crippen molar-refractivity contribution in [1.82, 2.24) is 4.98 Å². The Hall–Kier alpha value is -2.07. The van der Waals surface area contributed by atoms with Gasteiger partial charge in [0.05, 0.1) is 11.9 Å². The van der Waals surface area contributed by atoms with E-state index in [4.69, 9.17) is 16.7 Å². The van der Waals surface area contributed by atoms with Gasteiger partial charge in [0, 0.05) is 11.1 Å². The molecular weight excluding hydrogens is 264 g/mol. The molecule has 0 aliphatic carbocycles. The van der Waals surface area contributed by atoms with Crippen LogP contribution in [0.5, 0.6) is 0 Å². The molecule has 98 valence electrons. The van der Waals surface area contributed by atoms with Gasteiger partial charge in [-0.05, 0) is 36.8 Å². The van der Waals surface area contributed by atoms with Crippen LogP contribution in [0.2, 0.25) is 5.02 Å². The first-order valence-electron chi connectivity index (χ1n) is 5.77. The lowest BCUT2D eigenvalue weighted by molar-refractivity contribution is 0.0690. The molecule has 1 heterocycles. The van der Waals surface area contributed by atoms with Crippen LogP contribution in [0.3, 0.4) is 0 Å². The van der Waals surface area contributed by atoms with Gasteiger partial charge in [-0.15, -0.1) is 0 Å². The number of aromatic nitrogens is 1. The van der Waals surface area contributed by atoms with Crippen molar-refractivity contribution >= 4 is 23.3 Å². The van der Waals surface area contributed by atoms with Gasteiger partial charge in [0.15, 0.2) is 0 Å². The Bertz CT molecular complexity index is 567. The summed E-state index contributed by atoms with van der Waals surface area (Å²) < 4.78 is 0. The number of carbonyl (C=O) groups is 1. The summed E-state index contributed by atoms with van der Waals surface area (Å²) in [5.41, 5.74) is 1.89. The van der Waals surface area contributed by atoms with Gasteiger partial charge in [-0.2, -0.15) is 0 Å². The maximum atomic E-state index is 10.7. The maximum Gasteiger partial charge on any atom is 0.354 e. The molecule has 2 rings (SSSR count). The average molecular weight is 277 g/mol. The molecule has 0 saturated carbocycles. The quantitative estimate of drug-likeness (QED) is 0.895. The number of pyridine rings is 1. The third-order valence-corrected chi connectivity index (χ3v) is 2.99. The molecule has 1 atom stereocenters. The molecular formula is C14H13ClN2O2. The van der Waals surface area contributed by atoms with Crippen molar-refractivity contribution < 1.29 is 9.90 Å². The van der Waals surface area contributed by atoms with E-state index < -0.39 is 5.97 Å². The normalized spacial score (nSPS) is 11.9. The van der Waals surface area contributed by atoms with Crippen molar-refractivity contribution in [3.05, 3.63) is 58.9 Å². The smallest absolute Gasteiger partial charge is 0.354 e. The molecule has 0 amide bonds. The first-order chi connectivity index (χ1) is 9.06. The Morgan fingerprint density at radius 3 is 2.47 bits per heavy atom. The molecule has 0 spiro atoms. The van der Waals surface area contributed by atoms with Gasteiger partial charge in [-0.1, -0.05) is 23.7 Å². The van der Waals surface area contributed by atoms with Crippen molar-refractivity contribution in [2.24, 2.45) is 0 Å². The Morgan fingerprint density at radius 1 is 1.26 bits per heavy atom. The highest BCUT2D eigenvalue weighted by molar-refractivity contribution is 6.30. The Labute approximate surface area is 116 Å². The summed E-state index contributed by atoms with van der Waals surface area (Å²) >= 11 is 5.84. The first-order valence-corrected chi connectivity index (χ1v) is 6.15. The molecule has 2 N–H and O–H groups in total. The summed E-state index contributed by atoms with van der Waals surface area (Å²) in [6.45, 7) is 2.01. The predicted octanol–water partition coefficient (Wildman–Crippen LogP) is 3.61. The third-order valence-electron chi connectivity index (χ3n) is 2.74. The van der Waals surface area contributed by atoms with Gasteiger partial charge >= 0.3 is 5.97 Å². The van der Waals surface area contributed by atoms with Crippen LogP contribution in [-0.4, -0.2) is 16.1 Å². The number of nitrogens with one attached hydrogen (secondary N) is 1. The summed E-state index contributed by atoms with van der Waals surface area (Å²) in [5, 5.41) is 12.7. The number of nitrogens with zero attached hydrogens (tertiary/aromatic N) is 1. The summed E-state index contributed by atoms with van der Waals surface area (Å²) in [6.07, 6.45) is 1.51. The zero-order valence-corrected chi connectivity index (χ0v) is 11.1. The van der Waals surface area contributed by atoms with Crippen molar-refractivity contribution in [3.8, 4) is 0 Å². The second-order valence-electron chi connectivity index (χ2n) is 4.15. The number of aromatic carboxylic acids is 1. The molecule has 0 saturated heterocycles. The molecule has 2 aromatic rings. The van der Waals surface area contributed by atoms with E-state index in [1.807, 2.05) is 31.2 Å². The Balaban J connectivity index is 2.08. The zero-order valence-electron chi connectivity index (χ0n) is 10.3. The topological polar surface area (TPSA) is 62.2 Å². The predicted molar refractivity (Wildman–Crippen MR) is 74.7 cm³/mol. The van der Waals surface area contributed by atoms with Crippen LogP contribution in [0, 0.1) is 0 Å². The lowest BCUT2D eigenvalue weighted by Crippen LogP contribution is -2.07. The molecule has 0 aliphatic heterocycles. The van der Waals surface area contributed by atoms with Gasteiger partial charge in [-0.25, -0.2) is 9.78 Å². The number of hydrogen-bond donors (Lipinski definition) is 2. The molecule has 1 unspecified atom stereocenters. The van der Waals surface area contributed by atoms with Gasteiger partial charge in [-0.3, -0.25) is 0 Å². The van der Waals surface area contributed by atoms with E-state index in [9.17, 15) is 4.79 Å². The molecule has 0 fully saturated rings. The number of halogens is 1. The van der Waals surface area contributed by atoms with Crippen molar-refractivity contribution in [3.63, 3.8) is 0 Å². The van der Waals surface area contributed by atoms with E-state index in [0.717, 1.165) is 11.3 Å². The molecule has 19 heavy (non-hydrogen) atoms. The number of carboxylic acids is 1. The van der Waals surface area contributed by atoms with Gasteiger partial charge < -0.3 is 10.4 Å². The largest absolute Gasteiger partial charge is 0.477 e. The third kappa shape index (κ3) is 3.45. The summed E-state index contributed by atoms with van der Waals surface area (Å²) in [5.74, 6) is -1.03. The summed E-state index contributed by atoms with van der Waals surface area (Å²) in [6, 6.07) is 10.8. The van der Waals surface area contributed by atoms with Crippen molar-refractivity contribution in [2.45, 2.75) is 13.0 Å². The van der Waals surface area contributed by atoms with E-state index >= 15 is 0 Å². The SMILES string of the molecule is CC(Nc1ccc(C(=O)O)nc1)c1ccc(Cl)cc1. The monoisotopic (exact) mass is 276 g/mol. The van der Waals surface area contributed by atoms with Crippen LogP contribution in [0.1, 0.15) is 29.0 Å². The zero-order chi connectivity index (χ0) is 13.8. The minimum absolute atomic E-state index is 0.0321. The molecule has 4 nitrogen and oxygen atoms in total. The maximum absolute atomic E-state index is 10.7. The van der Waals surface area contributed by atoms with Crippen LogP contribution in [0.25, 0.3) is 0 Å². The average Bonchev–Trinajstić information content (AvgIpc) is 2.40. The Morgan fingerprint density at radius 2 is 1.95 bits per heavy atom. The molecule has 0 aliphatic rings. The summed E-state index contributed by atoms with van der Waals surface area (Å²) in [4.78, 5) is 14.5. The lowest BCUT2D eigenvalue weighted by Gasteiger charge is -2.15.